The molecule has 0 spiro atoms. The molecular formula is H4F2O6SSb. The first-order valence-corrected chi connectivity index (χ1v) is 5.92. The van der Waals surface area contributed by atoms with Crippen molar-refractivity contribution in [2.75, 3.05) is 0 Å². The average molecular weight is 292 g/mol. The number of hydrogen-bond acceptors (Lipinski definition) is 3. The van der Waals surface area contributed by atoms with Gasteiger partial charge in [0.05, 0.1) is 0 Å². The molecule has 0 saturated heterocycles. The van der Waals surface area contributed by atoms with E-state index in [-0.39, 0.29) is 4.70 Å². The fraction of sp³-hybridized carbons (Fsp3) is 0. The van der Waals surface area contributed by atoms with Crippen LogP contribution >= 0.6 is 0 Å². The van der Waals surface area contributed by atoms with Gasteiger partial charge >= 0.3 is 41.3 Å². The van der Waals surface area contributed by atoms with Crippen LogP contribution in [0.25, 0.3) is 0 Å². The van der Waals surface area contributed by atoms with E-state index in [1.165, 1.54) is 0 Å². The Labute approximate surface area is 63.2 Å². The summed E-state index contributed by atoms with van der Waals surface area (Å²) in [5.41, 5.74) is 0. The van der Waals surface area contributed by atoms with Crippen LogP contribution in [0.1, 0.15) is 0 Å². The summed E-state index contributed by atoms with van der Waals surface area (Å²) in [6.07, 6.45) is 0. The van der Waals surface area contributed by atoms with Crippen molar-refractivity contribution in [3.8, 4) is 0 Å². The van der Waals surface area contributed by atoms with Gasteiger partial charge in [0.15, 0.2) is 0 Å². The van der Waals surface area contributed by atoms with Crippen LogP contribution in [-0.4, -0.2) is 40.8 Å². The van der Waals surface area contributed by atoms with Crippen molar-refractivity contribution in [2.45, 2.75) is 0 Å². The quantitative estimate of drug-likeness (QED) is 0.279. The second kappa shape index (κ2) is 7.42. The Morgan fingerprint density at radius 3 is 1.30 bits per heavy atom. The normalized spacial score (nSPS) is 8.40. The Kier molecular flexibility index (Phi) is 12.4. The molecule has 0 aromatic rings. The van der Waals surface area contributed by atoms with E-state index in [1.54, 1.807) is 0 Å². The molecule has 0 amide bonds. The Hall–Kier alpha value is 0.308. The molecule has 0 unspecified atom stereocenters. The third kappa shape index (κ3) is 4670. The molecule has 65 valence electrons. The second-order valence-electron chi connectivity index (χ2n) is 0.665. The van der Waals surface area contributed by atoms with Crippen molar-refractivity contribution in [2.24, 2.45) is 0 Å². The number of halogens is 2. The van der Waals surface area contributed by atoms with Crippen molar-refractivity contribution in [3.05, 3.63) is 0 Å². The van der Waals surface area contributed by atoms with Crippen LogP contribution in [0, 0.1) is 0 Å². The summed E-state index contributed by atoms with van der Waals surface area (Å²) in [6, 6.07) is 0. The Morgan fingerprint density at radius 2 is 1.30 bits per heavy atom. The van der Waals surface area contributed by atoms with Gasteiger partial charge in [-0.15, -0.1) is 0 Å². The summed E-state index contributed by atoms with van der Waals surface area (Å²) in [6.45, 7) is 0. The van der Waals surface area contributed by atoms with Gasteiger partial charge in [0, 0.05) is 0 Å². The maximum atomic E-state index is 10.2. The van der Waals surface area contributed by atoms with E-state index in [0.717, 1.165) is 0 Å². The summed E-state index contributed by atoms with van der Waals surface area (Å²) >= 11 is -3.70. The van der Waals surface area contributed by atoms with Crippen molar-refractivity contribution < 1.29 is 31.3 Å². The summed E-state index contributed by atoms with van der Waals surface area (Å²) < 4.78 is 57.4. The fourth-order valence-electron chi connectivity index (χ4n) is 0. The van der Waals surface area contributed by atoms with Crippen LogP contribution in [0.5, 0.6) is 0 Å². The van der Waals surface area contributed by atoms with Gasteiger partial charge in [0.1, 0.15) is 0 Å². The molecule has 10 heteroatoms. The average Bonchev–Trinajstić information content (AvgIpc) is 1.19. The zero-order valence-corrected chi connectivity index (χ0v) is 7.58. The SMILES string of the molecule is F.O=S(=O)(O)F.[O]=[Sb]([OH])[OH]. The second-order valence-corrected chi connectivity index (χ2v) is 2.93. The molecule has 10 heavy (non-hydrogen) atoms. The van der Waals surface area contributed by atoms with Crippen molar-refractivity contribution in [3.63, 3.8) is 0 Å². The molecule has 3 N–H and O–H groups in total. The van der Waals surface area contributed by atoms with Crippen molar-refractivity contribution >= 4 is 31.5 Å². The van der Waals surface area contributed by atoms with E-state index in [2.05, 4.69) is 0 Å². The molecule has 0 bridgehead atoms. The minimum atomic E-state index is -5.17. The topological polar surface area (TPSA) is 112 Å². The minimum absolute atomic E-state index is 0. The Bertz CT molecular complexity index is 158. The maximum absolute atomic E-state index is 10.2. The molecule has 1 radical (unpaired) electrons. The number of rotatable bonds is 0. The molecule has 0 aromatic heterocycles. The van der Waals surface area contributed by atoms with E-state index in [4.69, 9.17) is 22.8 Å². The van der Waals surface area contributed by atoms with Gasteiger partial charge in [0.2, 0.25) is 0 Å². The molecule has 0 aliphatic rings. The molecule has 0 rings (SSSR count). The summed E-state index contributed by atoms with van der Waals surface area (Å²) in [5, 5.41) is 0. The number of hydrogen-bond donors (Lipinski definition) is 3. The Balaban J connectivity index is -0.0000000910. The molecular weight excluding hydrogens is 288 g/mol. The predicted molar refractivity (Wildman–Crippen MR) is 26.0 cm³/mol. The van der Waals surface area contributed by atoms with Crippen LogP contribution in [0.15, 0.2) is 0 Å². The fourth-order valence-corrected chi connectivity index (χ4v) is 0. The van der Waals surface area contributed by atoms with Crippen molar-refractivity contribution in [1.82, 2.24) is 0 Å². The molecule has 0 aliphatic carbocycles. The molecule has 0 fully saturated rings. The first-order valence-electron chi connectivity index (χ1n) is 1.25. The van der Waals surface area contributed by atoms with Gasteiger partial charge in [0.25, 0.3) is 0 Å². The zero-order valence-electron chi connectivity index (χ0n) is 4.21. The van der Waals surface area contributed by atoms with Crippen LogP contribution < -0.4 is 0 Å². The zero-order chi connectivity index (χ0) is 8.08. The van der Waals surface area contributed by atoms with Crippen LogP contribution in [0.2, 0.25) is 0 Å². The van der Waals surface area contributed by atoms with Gasteiger partial charge in [-0.2, -0.15) is 8.42 Å². The van der Waals surface area contributed by atoms with Gasteiger partial charge in [-0.05, 0) is 0 Å². The summed E-state index contributed by atoms with van der Waals surface area (Å²) in [7, 11) is -5.17. The first kappa shape index (κ1) is 16.7. The van der Waals surface area contributed by atoms with E-state index >= 15 is 0 Å². The predicted octanol–water partition coefficient (Wildman–Crippen LogP) is -1.70. The van der Waals surface area contributed by atoms with Gasteiger partial charge in [-0.3, -0.25) is 9.26 Å². The third-order valence-corrected chi connectivity index (χ3v) is 0. The van der Waals surface area contributed by atoms with E-state index in [1.807, 2.05) is 0 Å². The van der Waals surface area contributed by atoms with E-state index in [9.17, 15) is 3.89 Å². The molecule has 0 aliphatic heterocycles. The third-order valence-electron chi connectivity index (χ3n) is 0. The van der Waals surface area contributed by atoms with Gasteiger partial charge in [-0.1, -0.05) is 3.89 Å². The Morgan fingerprint density at radius 1 is 1.30 bits per heavy atom. The van der Waals surface area contributed by atoms with Crippen LogP contribution in [0.3, 0.4) is 0 Å². The van der Waals surface area contributed by atoms with E-state index < -0.39 is 31.5 Å². The molecule has 0 atom stereocenters. The van der Waals surface area contributed by atoms with E-state index in [0.29, 0.717) is 0 Å². The van der Waals surface area contributed by atoms with Crippen LogP contribution in [-0.2, 0) is 13.5 Å². The van der Waals surface area contributed by atoms with Crippen LogP contribution in [0.4, 0.5) is 8.59 Å². The molecule has 0 aromatic carbocycles. The standard InChI is InChI=1S/FHO3S.FH.2H2O.O.Sb/c1-5(2,3)4;;;;;/h(H,2,3,4);1H;2*1H2;;/q;;;;;+2/p-2. The first-order chi connectivity index (χ1) is 3.73. The summed E-state index contributed by atoms with van der Waals surface area (Å²) in [4.78, 5) is 0. The van der Waals surface area contributed by atoms with Crippen molar-refractivity contribution in [1.29, 1.82) is 0 Å². The molecule has 6 nitrogen and oxygen atoms in total. The molecule has 0 heterocycles. The summed E-state index contributed by atoms with van der Waals surface area (Å²) in [5.74, 6) is 0. The van der Waals surface area contributed by atoms with Gasteiger partial charge < -0.3 is 0 Å². The molecule has 0 saturated carbocycles. The monoisotopic (exact) mass is 291 g/mol. The van der Waals surface area contributed by atoms with Gasteiger partial charge in [-0.25, -0.2) is 0 Å².